The number of hydrogen-bond acceptors (Lipinski definition) is 1. The van der Waals surface area contributed by atoms with E-state index >= 15 is 0 Å². The third-order valence-corrected chi connectivity index (χ3v) is 11.7. The van der Waals surface area contributed by atoms with Crippen molar-refractivity contribution in [1.82, 2.24) is 4.57 Å². The van der Waals surface area contributed by atoms with Crippen molar-refractivity contribution in [3.05, 3.63) is 95.6 Å². The fourth-order valence-electron chi connectivity index (χ4n) is 4.65. The second-order valence-corrected chi connectivity index (χ2v) is 14.9. The normalized spacial score (nSPS) is 13.4. The summed E-state index contributed by atoms with van der Waals surface area (Å²) in [5.74, 6) is 0.361. The molecule has 0 aliphatic heterocycles. The van der Waals surface area contributed by atoms with Gasteiger partial charge in [-0.3, -0.25) is 0 Å². The fraction of sp³-hybridized carbons (Fsp3) is 0.286. The summed E-state index contributed by atoms with van der Waals surface area (Å²) < 4.78 is 10.5. The molecular weight excluding hydrogens is 474 g/mol. The van der Waals surface area contributed by atoms with E-state index in [0.29, 0.717) is 12.5 Å². The molecule has 1 heterocycles. The van der Waals surface area contributed by atoms with Crippen LogP contribution in [-0.4, -0.2) is 19.5 Å². The van der Waals surface area contributed by atoms with Crippen LogP contribution in [0.2, 0.25) is 5.04 Å². The summed E-state index contributed by atoms with van der Waals surface area (Å²) in [6.07, 6.45) is 2.07. The van der Waals surface area contributed by atoms with E-state index in [1.54, 1.807) is 0 Å². The van der Waals surface area contributed by atoms with Gasteiger partial charge in [0, 0.05) is 40.8 Å². The van der Waals surface area contributed by atoms with Gasteiger partial charge in [0.2, 0.25) is 0 Å². The number of hydrogen-bond donors (Lipinski definition) is 0. The molecule has 0 aliphatic carbocycles. The quantitative estimate of drug-likeness (QED) is 0.265. The van der Waals surface area contributed by atoms with Gasteiger partial charge in [0.15, 0.2) is 0 Å². The number of rotatable bonds is 7. The van der Waals surface area contributed by atoms with Gasteiger partial charge in [-0.1, -0.05) is 110 Å². The van der Waals surface area contributed by atoms with E-state index in [4.69, 9.17) is 4.43 Å². The van der Waals surface area contributed by atoms with Crippen molar-refractivity contribution < 1.29 is 4.43 Å². The number of halogens is 1. The van der Waals surface area contributed by atoms with Crippen molar-refractivity contribution >= 4 is 45.5 Å². The Bertz CT molecular complexity index is 1120. The molecular formula is C28H31BrNOSi. The van der Waals surface area contributed by atoms with Gasteiger partial charge in [0.1, 0.15) is 0 Å². The molecule has 1 radical (unpaired) electrons. The maximum atomic E-state index is 7.12. The van der Waals surface area contributed by atoms with E-state index in [0.717, 1.165) is 16.4 Å². The maximum absolute atomic E-state index is 7.12. The highest BCUT2D eigenvalue weighted by molar-refractivity contribution is 9.10. The lowest BCUT2D eigenvalue weighted by molar-refractivity contribution is 0.232. The predicted octanol–water partition coefficient (Wildman–Crippen LogP) is 6.42. The Morgan fingerprint density at radius 2 is 1.53 bits per heavy atom. The van der Waals surface area contributed by atoms with Gasteiger partial charge in [-0.25, -0.2) is 0 Å². The van der Waals surface area contributed by atoms with Crippen molar-refractivity contribution in [3.8, 4) is 0 Å². The van der Waals surface area contributed by atoms with E-state index < -0.39 is 8.32 Å². The van der Waals surface area contributed by atoms with Gasteiger partial charge in [-0.05, 0) is 33.5 Å². The standard InChI is InChI=1S/C28H31BrNOSi/c1-22(20-30-18-17-23-15-16-24(29)19-27(23)30)21-31-32(28(2,3)4,25-11-7-5-8-12-25)26-13-9-6-10-14-26/h5-16,18-19,22H,20-21H2,1-4H3/t22-/m0/s1. The van der Waals surface area contributed by atoms with Gasteiger partial charge in [-0.15, -0.1) is 0 Å². The molecule has 0 unspecified atom stereocenters. The summed E-state index contributed by atoms with van der Waals surface area (Å²) in [6.45, 7) is 10.9. The average molecular weight is 506 g/mol. The largest absolute Gasteiger partial charge is 0.407 e. The minimum atomic E-state index is -2.50. The molecule has 1 atom stereocenters. The van der Waals surface area contributed by atoms with Crippen LogP contribution in [0.5, 0.6) is 0 Å². The van der Waals surface area contributed by atoms with Crippen LogP contribution in [0.25, 0.3) is 10.9 Å². The lowest BCUT2D eigenvalue weighted by Gasteiger charge is -2.43. The van der Waals surface area contributed by atoms with Gasteiger partial charge >= 0.3 is 0 Å². The smallest absolute Gasteiger partial charge is 0.261 e. The molecule has 0 bridgehead atoms. The minimum absolute atomic E-state index is 0.00574. The Kier molecular flexibility index (Phi) is 6.75. The molecule has 4 rings (SSSR count). The molecule has 4 heteroatoms. The Labute approximate surface area is 201 Å². The lowest BCUT2D eigenvalue weighted by atomic mass is 10.2. The Morgan fingerprint density at radius 1 is 0.938 bits per heavy atom. The second kappa shape index (κ2) is 9.38. The first kappa shape index (κ1) is 23.0. The molecule has 32 heavy (non-hydrogen) atoms. The predicted molar refractivity (Wildman–Crippen MR) is 141 cm³/mol. The highest BCUT2D eigenvalue weighted by atomic mass is 79.9. The summed E-state index contributed by atoms with van der Waals surface area (Å²) in [5.41, 5.74) is 1.21. The molecule has 0 N–H and O–H groups in total. The van der Waals surface area contributed by atoms with Gasteiger partial charge < -0.3 is 8.99 Å². The molecule has 0 amide bonds. The second-order valence-electron chi connectivity index (χ2n) is 9.67. The molecule has 0 saturated heterocycles. The van der Waals surface area contributed by atoms with Crippen LogP contribution in [0.1, 0.15) is 27.7 Å². The zero-order valence-corrected chi connectivity index (χ0v) is 21.9. The van der Waals surface area contributed by atoms with E-state index in [9.17, 15) is 0 Å². The molecule has 1 aromatic heterocycles. The monoisotopic (exact) mass is 504 g/mol. The van der Waals surface area contributed by atoms with Gasteiger partial charge in [0.25, 0.3) is 8.32 Å². The van der Waals surface area contributed by atoms with Crippen LogP contribution in [0.4, 0.5) is 0 Å². The lowest BCUT2D eigenvalue weighted by Crippen LogP contribution is -2.66. The summed E-state index contributed by atoms with van der Waals surface area (Å²) in [7, 11) is -2.50. The van der Waals surface area contributed by atoms with E-state index in [2.05, 4.69) is 139 Å². The highest BCUT2D eigenvalue weighted by Crippen LogP contribution is 2.37. The molecule has 0 fully saturated rings. The van der Waals surface area contributed by atoms with Crippen molar-refractivity contribution in [2.75, 3.05) is 6.61 Å². The fourth-order valence-corrected chi connectivity index (χ4v) is 9.69. The molecule has 165 valence electrons. The molecule has 2 nitrogen and oxygen atoms in total. The highest BCUT2D eigenvalue weighted by Gasteiger charge is 2.50. The van der Waals surface area contributed by atoms with Crippen LogP contribution in [0, 0.1) is 12.0 Å². The maximum Gasteiger partial charge on any atom is 0.261 e. The van der Waals surface area contributed by atoms with Crippen LogP contribution in [0.3, 0.4) is 0 Å². The summed E-state index contributed by atoms with van der Waals surface area (Å²) in [6, 6.07) is 31.5. The van der Waals surface area contributed by atoms with Crippen molar-refractivity contribution in [1.29, 1.82) is 0 Å². The first-order valence-electron chi connectivity index (χ1n) is 11.2. The summed E-state index contributed by atoms with van der Waals surface area (Å²) >= 11 is 3.60. The number of nitrogens with zero attached hydrogens (tertiary/aromatic N) is 1. The third kappa shape index (κ3) is 4.50. The average Bonchev–Trinajstić information content (AvgIpc) is 3.16. The molecule has 4 aromatic rings. The zero-order chi connectivity index (χ0) is 22.8. The first-order valence-corrected chi connectivity index (χ1v) is 13.9. The van der Waals surface area contributed by atoms with E-state index in [-0.39, 0.29) is 5.04 Å². The summed E-state index contributed by atoms with van der Waals surface area (Å²) in [5, 5.41) is 3.80. The van der Waals surface area contributed by atoms with Crippen LogP contribution in [0.15, 0.2) is 89.5 Å². The Balaban J connectivity index is 1.65. The molecule has 0 saturated carbocycles. The number of fused-ring (bicyclic) bond motifs is 1. The third-order valence-electron chi connectivity index (χ3n) is 6.15. The SMILES string of the molecule is C[C@H](CO[Si](c1ccccc1)(c1ccccc1)C(C)(C)C)Cn1c[c]c2ccc(Br)cc21. The van der Waals surface area contributed by atoms with Crippen molar-refractivity contribution in [3.63, 3.8) is 0 Å². The molecule has 0 aliphatic rings. The zero-order valence-electron chi connectivity index (χ0n) is 19.3. The molecule has 0 spiro atoms. The van der Waals surface area contributed by atoms with Crippen molar-refractivity contribution in [2.45, 2.75) is 39.3 Å². The molecule has 3 aromatic carbocycles. The minimum Gasteiger partial charge on any atom is -0.407 e. The first-order chi connectivity index (χ1) is 15.3. The van der Waals surface area contributed by atoms with Gasteiger partial charge in [-0.2, -0.15) is 0 Å². The van der Waals surface area contributed by atoms with Crippen molar-refractivity contribution in [2.24, 2.45) is 5.92 Å². The van der Waals surface area contributed by atoms with Crippen LogP contribution >= 0.6 is 15.9 Å². The Morgan fingerprint density at radius 3 is 2.09 bits per heavy atom. The number of benzene rings is 3. The number of aromatic nitrogens is 1. The van der Waals surface area contributed by atoms with E-state index in [1.165, 1.54) is 15.9 Å². The van der Waals surface area contributed by atoms with Crippen LogP contribution < -0.4 is 10.4 Å². The Hall–Kier alpha value is -2.14. The summed E-state index contributed by atoms with van der Waals surface area (Å²) in [4.78, 5) is 0. The topological polar surface area (TPSA) is 14.2 Å². The van der Waals surface area contributed by atoms with Crippen LogP contribution in [-0.2, 0) is 11.0 Å². The van der Waals surface area contributed by atoms with E-state index in [1.807, 2.05) is 0 Å². The van der Waals surface area contributed by atoms with Gasteiger partial charge in [0.05, 0.1) is 0 Å².